The largest absolute Gasteiger partial charge is 0.480 e. The average molecular weight is 1370 g/mol. The first-order chi connectivity index (χ1) is 46.0. The molecule has 38 nitrogen and oxygen atoms in total. The van der Waals surface area contributed by atoms with Crippen molar-refractivity contribution in [2.45, 2.75) is 197 Å². The molecule has 10 atom stereocenters. The van der Waals surface area contributed by atoms with Crippen LogP contribution in [0.15, 0.2) is 45.0 Å². The Morgan fingerprint density at radius 2 is 0.856 bits per heavy atom. The highest BCUT2D eigenvalue weighted by Crippen LogP contribution is 2.22. The smallest absolute Gasteiger partial charge is 0.326 e. The third kappa shape index (κ3) is 31.5. The first kappa shape index (κ1) is 81.4. The molecule has 0 saturated carbocycles. The number of amides is 9. The number of aliphatic imine (C=N–C) groups is 4. The number of nitrogens with zero attached hydrogens (tertiary/aromatic N) is 7. The van der Waals surface area contributed by atoms with Gasteiger partial charge in [-0.25, -0.2) is 14.8 Å². The Balaban J connectivity index is 1.96. The molecule has 3 rings (SSSR count). The molecule has 9 amide bonds. The number of H-pyrrole nitrogens is 2. The van der Waals surface area contributed by atoms with Crippen molar-refractivity contribution in [2.75, 3.05) is 39.3 Å². The number of hydrogen-bond acceptors (Lipinski definition) is 18. The highest BCUT2D eigenvalue weighted by molar-refractivity contribution is 5.99. The number of nitrogens with two attached hydrogens (primary N) is 10. The van der Waals surface area contributed by atoms with Crippen LogP contribution >= 0.6 is 0 Å². The molecule has 0 radical (unpaired) electrons. The van der Waals surface area contributed by atoms with Crippen molar-refractivity contribution in [3.63, 3.8) is 0 Å². The molecule has 1 aliphatic rings. The molecule has 2 aromatic heterocycles. The van der Waals surface area contributed by atoms with E-state index in [0.717, 1.165) is 0 Å². The lowest BCUT2D eigenvalue weighted by molar-refractivity contribution is -0.143. The Morgan fingerprint density at radius 1 is 0.495 bits per heavy atom. The number of carbonyl (C=O) groups excluding carboxylic acids is 9. The maximum absolute atomic E-state index is 15.0. The summed E-state index contributed by atoms with van der Waals surface area (Å²) in [5.41, 5.74) is 57.4. The standard InChI is InChI=1S/C59H105N27O11/c1-32(2)24-42(84-51(92)43(25-33(3)4)85-52(93)44(27-35-29-71-31-77-35)83-46(87)36(61)26-34-28-70-30-76-34)50(91)81-40(15-9-21-74-58(66)67)54(95)86-23-11-17-45(86)53(94)80-39(14-8-20-73-57(64)65)48(89)79-38(13-7-19-72-56(62)63)47(88)78-37(12-5-6-18-60)49(90)82-41(55(96)97)16-10-22-75-59(68)69/h28-33,36-45H,5-27,60-61H2,1-4H3,(H,70,76)(H,71,77)(H,78,88)(H,79,89)(H,80,94)(H,81,91)(H,82,90)(H,83,87)(H,84,92)(H,85,93)(H,96,97)(H4,62,63,72)(H4,64,65,73)(H4,66,67,74)(H4,68,69,75)/t36-,37-,38-,39-,40-,41-,42-,43-,44-,45-/m0/s1. The first-order valence-electron chi connectivity index (χ1n) is 32.6. The molecule has 1 fully saturated rings. The normalized spacial score (nSPS) is 15.5. The van der Waals surface area contributed by atoms with Crippen LogP contribution in [0.1, 0.15) is 135 Å². The molecule has 1 aliphatic heterocycles. The van der Waals surface area contributed by atoms with Gasteiger partial charge in [0.25, 0.3) is 0 Å². The van der Waals surface area contributed by atoms with Crippen LogP contribution in [-0.2, 0) is 60.8 Å². The van der Waals surface area contributed by atoms with Gasteiger partial charge in [-0.3, -0.25) is 63.1 Å². The number of carboxylic acid groups (broad SMARTS) is 1. The Labute approximate surface area is 563 Å². The third-order valence-electron chi connectivity index (χ3n) is 15.3. The van der Waals surface area contributed by atoms with Gasteiger partial charge in [-0.1, -0.05) is 27.7 Å². The van der Waals surface area contributed by atoms with Gasteiger partial charge in [0.2, 0.25) is 53.2 Å². The van der Waals surface area contributed by atoms with Crippen LogP contribution in [-0.4, -0.2) is 213 Å². The second kappa shape index (κ2) is 43.2. The molecule has 38 heteroatoms. The fourth-order valence-electron chi connectivity index (χ4n) is 10.5. The fourth-order valence-corrected chi connectivity index (χ4v) is 10.5. The summed E-state index contributed by atoms with van der Waals surface area (Å²) >= 11 is 0. The monoisotopic (exact) mass is 1370 g/mol. The maximum Gasteiger partial charge on any atom is 0.326 e. The van der Waals surface area contributed by atoms with Crippen molar-refractivity contribution in [1.82, 2.24) is 67.4 Å². The minimum Gasteiger partial charge on any atom is -0.480 e. The van der Waals surface area contributed by atoms with Gasteiger partial charge >= 0.3 is 5.97 Å². The zero-order valence-corrected chi connectivity index (χ0v) is 55.9. The fraction of sp³-hybridized carbons (Fsp3) is 0.661. The summed E-state index contributed by atoms with van der Waals surface area (Å²) in [6.07, 6.45) is 7.43. The summed E-state index contributed by atoms with van der Waals surface area (Å²) in [5.74, 6) is -9.59. The van der Waals surface area contributed by atoms with Gasteiger partial charge in [0.15, 0.2) is 23.8 Å². The van der Waals surface area contributed by atoms with Crippen molar-refractivity contribution >= 4 is 83.0 Å². The van der Waals surface area contributed by atoms with Crippen LogP contribution in [0.5, 0.6) is 0 Å². The topological polar surface area (TPSA) is 657 Å². The molecule has 0 spiro atoms. The number of aliphatic carboxylic acids is 1. The molecule has 542 valence electrons. The second-order valence-corrected chi connectivity index (χ2v) is 24.5. The average Bonchev–Trinajstić information content (AvgIpc) is 1.84. The van der Waals surface area contributed by atoms with Gasteiger partial charge in [0.1, 0.15) is 54.4 Å². The van der Waals surface area contributed by atoms with E-state index >= 15 is 0 Å². The SMILES string of the molecule is CC(C)C[C@H](NC(=O)[C@H](Cc1cnc[nH]1)NC(=O)[C@@H](N)Cc1cnc[nH]1)C(=O)N[C@@H](CC(C)C)C(=O)N[C@@H](CCCN=C(N)N)C(=O)N1CCC[C@H]1C(=O)N[C@@H](CCCN=C(N)N)C(=O)N[C@@H](CCCN=C(N)N)C(=O)N[C@@H](CCCCN)C(=O)N[C@@H](CCCN=C(N)N)C(=O)O. The van der Waals surface area contributed by atoms with Crippen molar-refractivity contribution in [1.29, 1.82) is 0 Å². The second-order valence-electron chi connectivity index (χ2n) is 24.5. The Hall–Kier alpha value is -9.88. The summed E-state index contributed by atoms with van der Waals surface area (Å²) in [7, 11) is 0. The van der Waals surface area contributed by atoms with E-state index < -0.39 is 120 Å². The van der Waals surface area contributed by atoms with E-state index in [0.29, 0.717) is 30.7 Å². The molecule has 1 saturated heterocycles. The van der Waals surface area contributed by atoms with Gasteiger partial charge in [-0.15, -0.1) is 0 Å². The number of rotatable bonds is 46. The Morgan fingerprint density at radius 3 is 1.27 bits per heavy atom. The van der Waals surface area contributed by atoms with Gasteiger partial charge in [0.05, 0.1) is 18.7 Å². The van der Waals surface area contributed by atoms with Crippen molar-refractivity contribution < 1.29 is 53.1 Å². The molecule has 0 aromatic carbocycles. The summed E-state index contributed by atoms with van der Waals surface area (Å²) in [6.45, 7) is 7.69. The van der Waals surface area contributed by atoms with Crippen LogP contribution in [0, 0.1) is 11.8 Å². The zero-order chi connectivity index (χ0) is 72.1. The third-order valence-corrected chi connectivity index (χ3v) is 15.3. The quantitative estimate of drug-likeness (QED) is 0.0167. The number of nitrogens with one attached hydrogen (secondary N) is 10. The zero-order valence-electron chi connectivity index (χ0n) is 55.9. The highest BCUT2D eigenvalue weighted by atomic mass is 16.4. The molecule has 31 N–H and O–H groups in total. The van der Waals surface area contributed by atoms with Crippen molar-refractivity contribution in [2.24, 2.45) is 89.1 Å². The molecule has 97 heavy (non-hydrogen) atoms. The van der Waals surface area contributed by atoms with Crippen LogP contribution in [0.3, 0.4) is 0 Å². The number of guanidine groups is 4. The molecule has 0 unspecified atom stereocenters. The van der Waals surface area contributed by atoms with Gasteiger partial charge < -0.3 is 120 Å². The minimum atomic E-state index is -1.41. The lowest BCUT2D eigenvalue weighted by Gasteiger charge is -2.31. The predicted molar refractivity (Wildman–Crippen MR) is 362 cm³/mol. The maximum atomic E-state index is 15.0. The molecule has 2 aromatic rings. The number of aromatic nitrogens is 4. The highest BCUT2D eigenvalue weighted by Gasteiger charge is 2.41. The van der Waals surface area contributed by atoms with Crippen LogP contribution in [0.4, 0.5) is 0 Å². The number of carboxylic acids is 1. The lowest BCUT2D eigenvalue weighted by atomic mass is 9.99. The van der Waals surface area contributed by atoms with E-state index in [9.17, 15) is 53.1 Å². The molecular formula is C59H105N27O11. The number of likely N-dealkylation sites (tertiary alicyclic amines) is 1. The van der Waals surface area contributed by atoms with E-state index in [1.165, 1.54) is 29.9 Å². The van der Waals surface area contributed by atoms with Crippen molar-refractivity contribution in [3.8, 4) is 0 Å². The summed E-state index contributed by atoms with van der Waals surface area (Å²) in [5, 5.41) is 31.6. The first-order valence-corrected chi connectivity index (χ1v) is 32.6. The number of hydrogen-bond donors (Lipinski definition) is 21. The van der Waals surface area contributed by atoms with Gasteiger partial charge in [-0.2, -0.15) is 0 Å². The van der Waals surface area contributed by atoms with Gasteiger partial charge in [-0.05, 0) is 115 Å². The molecule has 0 aliphatic carbocycles. The number of unbranched alkanes of at least 4 members (excludes halogenated alkanes) is 1. The number of imidazole rings is 2. The van der Waals surface area contributed by atoms with Crippen LogP contribution in [0.25, 0.3) is 0 Å². The van der Waals surface area contributed by atoms with Crippen molar-refractivity contribution in [3.05, 3.63) is 36.4 Å². The summed E-state index contributed by atoms with van der Waals surface area (Å²) in [6, 6.07) is -13.0. The van der Waals surface area contributed by atoms with E-state index in [1.54, 1.807) is 0 Å². The summed E-state index contributed by atoms with van der Waals surface area (Å²) < 4.78 is 0. The van der Waals surface area contributed by atoms with E-state index in [1.807, 2.05) is 27.7 Å². The minimum absolute atomic E-state index is 0.00681. The Kier molecular flexibility index (Phi) is 36.3. The number of aromatic amines is 2. The molecule has 3 heterocycles. The predicted octanol–water partition coefficient (Wildman–Crippen LogP) is -6.37. The van der Waals surface area contributed by atoms with Crippen LogP contribution in [0.2, 0.25) is 0 Å². The van der Waals surface area contributed by atoms with Crippen LogP contribution < -0.4 is 99.9 Å². The molecule has 0 bridgehead atoms. The van der Waals surface area contributed by atoms with E-state index in [-0.39, 0.29) is 165 Å². The number of carbonyl (C=O) groups is 10. The summed E-state index contributed by atoms with van der Waals surface area (Å²) in [4.78, 5) is 173. The lowest BCUT2D eigenvalue weighted by Crippen LogP contribution is -2.60. The molecular weight excluding hydrogens is 1260 g/mol. The van der Waals surface area contributed by atoms with Gasteiger partial charge in [0, 0.05) is 69.3 Å². The van der Waals surface area contributed by atoms with E-state index in [4.69, 9.17) is 57.3 Å². The Bertz CT molecular complexity index is 2940. The van der Waals surface area contributed by atoms with E-state index in [2.05, 4.69) is 82.4 Å².